The van der Waals surface area contributed by atoms with Crippen molar-refractivity contribution in [3.05, 3.63) is 46.6 Å². The Morgan fingerprint density at radius 3 is 2.50 bits per heavy atom. The molecular weight excluding hydrogens is 430 g/mol. The number of benzene rings is 1. The van der Waals surface area contributed by atoms with Crippen LogP contribution in [0.4, 0.5) is 5.82 Å². The summed E-state index contributed by atoms with van der Waals surface area (Å²) >= 11 is 0. The van der Waals surface area contributed by atoms with E-state index < -0.39 is 0 Å². The highest BCUT2D eigenvalue weighted by molar-refractivity contribution is 5.76. The Kier molecular flexibility index (Phi) is 8.76. The maximum atomic E-state index is 12.0. The fraction of sp³-hybridized carbons (Fsp3) is 0.462. The van der Waals surface area contributed by atoms with Crippen molar-refractivity contribution < 1.29 is 14.4 Å². The number of carbonyl (C=O) groups is 1. The summed E-state index contributed by atoms with van der Waals surface area (Å²) < 4.78 is 5.64. The molecule has 0 aliphatic carbocycles. The van der Waals surface area contributed by atoms with Crippen molar-refractivity contribution in [2.45, 2.75) is 53.9 Å². The SMILES string of the molecule is CCc1cc(-c2noc(-c3cc(C)nc(N(CC)CC)c3)n2)cc(C)c1CCC(=O)NCCO. The maximum absolute atomic E-state index is 12.0. The highest BCUT2D eigenvalue weighted by Gasteiger charge is 2.17. The van der Waals surface area contributed by atoms with E-state index >= 15 is 0 Å². The van der Waals surface area contributed by atoms with Gasteiger partial charge in [-0.1, -0.05) is 12.1 Å². The van der Waals surface area contributed by atoms with Crippen LogP contribution in [0, 0.1) is 13.8 Å². The molecule has 2 aromatic heterocycles. The molecule has 3 rings (SSSR count). The number of rotatable bonds is 11. The van der Waals surface area contributed by atoms with Crippen molar-refractivity contribution in [3.8, 4) is 22.8 Å². The van der Waals surface area contributed by atoms with E-state index in [1.807, 2.05) is 32.0 Å². The molecule has 1 aromatic carbocycles. The van der Waals surface area contributed by atoms with Gasteiger partial charge in [0.15, 0.2) is 0 Å². The monoisotopic (exact) mass is 465 g/mol. The van der Waals surface area contributed by atoms with E-state index in [0.29, 0.717) is 24.6 Å². The molecule has 0 fully saturated rings. The number of carbonyl (C=O) groups excluding carboxylic acids is 1. The van der Waals surface area contributed by atoms with Gasteiger partial charge in [-0.15, -0.1) is 0 Å². The predicted octanol–water partition coefficient (Wildman–Crippen LogP) is 3.87. The number of aromatic nitrogens is 3. The number of aliphatic hydroxyl groups excluding tert-OH is 1. The maximum Gasteiger partial charge on any atom is 0.258 e. The Morgan fingerprint density at radius 1 is 1.06 bits per heavy atom. The summed E-state index contributed by atoms with van der Waals surface area (Å²) in [6.07, 6.45) is 1.87. The lowest BCUT2D eigenvalue weighted by Crippen LogP contribution is -2.26. The molecule has 0 radical (unpaired) electrons. The predicted molar refractivity (Wildman–Crippen MR) is 134 cm³/mol. The molecule has 3 aromatic rings. The molecule has 0 atom stereocenters. The first-order valence-electron chi connectivity index (χ1n) is 12.0. The highest BCUT2D eigenvalue weighted by atomic mass is 16.5. The smallest absolute Gasteiger partial charge is 0.258 e. The van der Waals surface area contributed by atoms with Crippen LogP contribution in [-0.2, 0) is 17.6 Å². The fourth-order valence-corrected chi connectivity index (χ4v) is 4.16. The van der Waals surface area contributed by atoms with E-state index in [1.165, 1.54) is 11.1 Å². The number of nitrogens with one attached hydrogen (secondary N) is 1. The molecule has 0 bridgehead atoms. The van der Waals surface area contributed by atoms with Gasteiger partial charge >= 0.3 is 0 Å². The van der Waals surface area contributed by atoms with Gasteiger partial charge in [-0.05, 0) is 81.5 Å². The molecule has 0 spiro atoms. The number of nitrogens with zero attached hydrogens (tertiary/aromatic N) is 4. The number of aryl methyl sites for hydroxylation is 3. The third-order valence-corrected chi connectivity index (χ3v) is 5.94. The molecule has 8 heteroatoms. The molecule has 8 nitrogen and oxygen atoms in total. The van der Waals surface area contributed by atoms with Gasteiger partial charge in [0.2, 0.25) is 11.7 Å². The van der Waals surface area contributed by atoms with Gasteiger partial charge < -0.3 is 19.8 Å². The second-order valence-corrected chi connectivity index (χ2v) is 8.31. The van der Waals surface area contributed by atoms with Gasteiger partial charge in [0.05, 0.1) is 6.61 Å². The summed E-state index contributed by atoms with van der Waals surface area (Å²) in [5.41, 5.74) is 6.08. The minimum atomic E-state index is -0.0564. The summed E-state index contributed by atoms with van der Waals surface area (Å²) in [5, 5.41) is 15.8. The Bertz CT molecular complexity index is 1120. The van der Waals surface area contributed by atoms with Crippen LogP contribution >= 0.6 is 0 Å². The largest absolute Gasteiger partial charge is 0.395 e. The number of hydrogen-bond acceptors (Lipinski definition) is 7. The first kappa shape index (κ1) is 25.4. The highest BCUT2D eigenvalue weighted by Crippen LogP contribution is 2.29. The molecule has 0 saturated heterocycles. The van der Waals surface area contributed by atoms with E-state index in [2.05, 4.69) is 52.2 Å². The summed E-state index contributed by atoms with van der Waals surface area (Å²) in [6, 6.07) is 8.08. The van der Waals surface area contributed by atoms with Gasteiger partial charge in [-0.2, -0.15) is 4.98 Å². The number of aliphatic hydroxyl groups is 1. The lowest BCUT2D eigenvalue weighted by Gasteiger charge is -2.20. The zero-order valence-electron chi connectivity index (χ0n) is 20.8. The summed E-state index contributed by atoms with van der Waals surface area (Å²) in [4.78, 5) is 23.5. The quantitative estimate of drug-likeness (QED) is 0.443. The molecule has 2 N–H and O–H groups in total. The van der Waals surface area contributed by atoms with Crippen molar-refractivity contribution in [2.24, 2.45) is 0 Å². The Labute approximate surface area is 201 Å². The molecular formula is C26H35N5O3. The zero-order valence-corrected chi connectivity index (χ0v) is 20.8. The van der Waals surface area contributed by atoms with Crippen molar-refractivity contribution in [2.75, 3.05) is 31.1 Å². The van der Waals surface area contributed by atoms with Crippen LogP contribution < -0.4 is 10.2 Å². The van der Waals surface area contributed by atoms with Gasteiger partial charge in [0.1, 0.15) is 5.82 Å². The minimum Gasteiger partial charge on any atom is -0.395 e. The number of hydrogen-bond donors (Lipinski definition) is 2. The van der Waals surface area contributed by atoms with Gasteiger partial charge in [-0.3, -0.25) is 4.79 Å². The summed E-state index contributed by atoms with van der Waals surface area (Å²) in [6.45, 7) is 12.3. The lowest BCUT2D eigenvalue weighted by molar-refractivity contribution is -0.121. The first-order chi connectivity index (χ1) is 16.4. The number of pyridine rings is 1. The van der Waals surface area contributed by atoms with E-state index in [1.54, 1.807) is 0 Å². The van der Waals surface area contributed by atoms with Crippen LogP contribution in [0.5, 0.6) is 0 Å². The van der Waals surface area contributed by atoms with Crippen LogP contribution in [0.25, 0.3) is 22.8 Å². The summed E-state index contributed by atoms with van der Waals surface area (Å²) in [5.74, 6) is 1.85. The molecule has 0 aliphatic heterocycles. The van der Waals surface area contributed by atoms with Crippen molar-refractivity contribution in [3.63, 3.8) is 0 Å². The van der Waals surface area contributed by atoms with Crippen LogP contribution in [0.15, 0.2) is 28.8 Å². The Balaban J connectivity index is 1.87. The van der Waals surface area contributed by atoms with E-state index in [4.69, 9.17) is 9.63 Å². The molecule has 2 heterocycles. The lowest BCUT2D eigenvalue weighted by atomic mass is 9.93. The average molecular weight is 466 g/mol. The number of amides is 1. The van der Waals surface area contributed by atoms with Crippen LogP contribution in [0.2, 0.25) is 0 Å². The van der Waals surface area contributed by atoms with Crippen LogP contribution in [-0.4, -0.2) is 52.4 Å². The Hall–Kier alpha value is -3.26. The third-order valence-electron chi connectivity index (χ3n) is 5.94. The molecule has 0 saturated carbocycles. The van der Waals surface area contributed by atoms with Gasteiger partial charge in [0.25, 0.3) is 5.89 Å². The van der Waals surface area contributed by atoms with Crippen molar-refractivity contribution in [1.29, 1.82) is 0 Å². The Morgan fingerprint density at radius 2 is 1.82 bits per heavy atom. The molecule has 0 unspecified atom stereocenters. The van der Waals surface area contributed by atoms with Gasteiger partial charge in [0, 0.05) is 42.9 Å². The zero-order chi connectivity index (χ0) is 24.7. The standard InChI is InChI=1S/C26H35N5O3/c1-6-19-15-20(13-17(4)22(19)9-10-24(33)27-11-12-32)25-29-26(34-30-25)21-14-18(5)28-23(16-21)31(7-2)8-3/h13-16,32H,6-12H2,1-5H3,(H,27,33). The van der Waals surface area contributed by atoms with Crippen molar-refractivity contribution >= 4 is 11.7 Å². The average Bonchev–Trinajstić information content (AvgIpc) is 3.32. The molecule has 182 valence electrons. The number of anilines is 1. The van der Waals surface area contributed by atoms with E-state index in [-0.39, 0.29) is 19.1 Å². The third kappa shape index (κ3) is 5.99. The van der Waals surface area contributed by atoms with E-state index in [0.717, 1.165) is 47.7 Å². The fourth-order valence-electron chi connectivity index (χ4n) is 4.16. The van der Waals surface area contributed by atoms with Gasteiger partial charge in [-0.25, -0.2) is 4.98 Å². The van der Waals surface area contributed by atoms with E-state index in [9.17, 15) is 4.79 Å². The second kappa shape index (κ2) is 11.7. The normalized spacial score (nSPS) is 11.0. The molecule has 34 heavy (non-hydrogen) atoms. The van der Waals surface area contributed by atoms with Crippen LogP contribution in [0.3, 0.4) is 0 Å². The first-order valence-corrected chi connectivity index (χ1v) is 12.0. The minimum absolute atomic E-state index is 0.0534. The van der Waals surface area contributed by atoms with Crippen molar-refractivity contribution in [1.82, 2.24) is 20.4 Å². The van der Waals surface area contributed by atoms with Crippen LogP contribution in [0.1, 0.15) is 49.6 Å². The topological polar surface area (TPSA) is 104 Å². The second-order valence-electron chi connectivity index (χ2n) is 8.31. The summed E-state index contributed by atoms with van der Waals surface area (Å²) in [7, 11) is 0. The molecule has 1 amide bonds. The molecule has 0 aliphatic rings.